The molecule has 0 bridgehead atoms. The zero-order valence-corrected chi connectivity index (χ0v) is 9.48. The topological polar surface area (TPSA) is 71.6 Å². The van der Waals surface area contributed by atoms with Crippen molar-refractivity contribution in [3.05, 3.63) is 23.9 Å². The van der Waals surface area contributed by atoms with Gasteiger partial charge < -0.3 is 19.6 Å². The highest BCUT2D eigenvalue weighted by Crippen LogP contribution is 2.31. The molecule has 5 nitrogen and oxygen atoms in total. The van der Waals surface area contributed by atoms with Gasteiger partial charge in [0.05, 0.1) is 19.7 Å². The number of hydrogen-bond donors (Lipinski definition) is 2. The number of methoxy groups -OCH3 is 2. The lowest BCUT2D eigenvalue weighted by atomic mass is 10.2. The molecule has 0 saturated heterocycles. The molecular formula is C11H11BNO4. The van der Waals surface area contributed by atoms with E-state index in [-0.39, 0.29) is 14.1 Å². The first kappa shape index (κ1) is 13.0. The third-order valence-electron chi connectivity index (χ3n) is 2.36. The van der Waals surface area contributed by atoms with Crippen molar-refractivity contribution in [2.75, 3.05) is 14.2 Å². The summed E-state index contributed by atoms with van der Waals surface area (Å²) in [5.74, 6) is 0.193. The number of benzene rings is 1. The number of aromatic nitrogens is 1. The van der Waals surface area contributed by atoms with E-state index in [2.05, 4.69) is 4.98 Å². The zero-order chi connectivity index (χ0) is 11.7. The summed E-state index contributed by atoms with van der Waals surface area (Å²) in [5.41, 5.74) is 0.801. The van der Waals surface area contributed by atoms with Crippen molar-refractivity contribution in [2.45, 2.75) is 0 Å². The molecule has 0 aliphatic rings. The molecule has 0 atom stereocenters. The van der Waals surface area contributed by atoms with Crippen LogP contribution in [-0.4, -0.2) is 38.7 Å². The van der Waals surface area contributed by atoms with Gasteiger partial charge in [-0.25, -0.2) is 4.79 Å². The summed E-state index contributed by atoms with van der Waals surface area (Å²) in [6, 6.07) is 4.97. The minimum atomic E-state index is -1.00. The van der Waals surface area contributed by atoms with Gasteiger partial charge in [0, 0.05) is 25.9 Å². The van der Waals surface area contributed by atoms with Crippen LogP contribution in [0.25, 0.3) is 10.9 Å². The van der Waals surface area contributed by atoms with Gasteiger partial charge in [0.15, 0.2) is 0 Å². The van der Waals surface area contributed by atoms with Crippen molar-refractivity contribution in [2.24, 2.45) is 0 Å². The van der Waals surface area contributed by atoms with Crippen LogP contribution in [0, 0.1) is 0 Å². The molecule has 3 radical (unpaired) electrons. The third kappa shape index (κ3) is 2.20. The Morgan fingerprint density at radius 1 is 1.24 bits per heavy atom. The number of aromatic amines is 1. The summed E-state index contributed by atoms with van der Waals surface area (Å²) in [7, 11) is 3.07. The Kier molecular flexibility index (Phi) is 3.67. The fourth-order valence-corrected chi connectivity index (χ4v) is 1.58. The van der Waals surface area contributed by atoms with E-state index < -0.39 is 5.97 Å². The zero-order valence-electron chi connectivity index (χ0n) is 9.48. The molecule has 0 unspecified atom stereocenters. The molecule has 2 rings (SSSR count). The molecule has 2 aromatic rings. The summed E-state index contributed by atoms with van der Waals surface area (Å²) < 4.78 is 10.3. The first-order valence-electron chi connectivity index (χ1n) is 4.63. The van der Waals surface area contributed by atoms with Crippen molar-refractivity contribution in [3.8, 4) is 11.5 Å². The Labute approximate surface area is 99.9 Å². The quantitative estimate of drug-likeness (QED) is 0.786. The Bertz CT molecular complexity index is 550. The summed E-state index contributed by atoms with van der Waals surface area (Å²) in [6.45, 7) is 0. The van der Waals surface area contributed by atoms with E-state index in [1.807, 2.05) is 0 Å². The lowest BCUT2D eigenvalue weighted by molar-refractivity contribution is 0.0691. The molecule has 1 heterocycles. The minimum absolute atomic E-state index is 0. The molecule has 1 aromatic heterocycles. The smallest absolute Gasteiger partial charge is 0.352 e. The van der Waals surface area contributed by atoms with Crippen molar-refractivity contribution in [3.63, 3.8) is 0 Å². The van der Waals surface area contributed by atoms with Crippen molar-refractivity contribution < 1.29 is 19.4 Å². The maximum absolute atomic E-state index is 10.8. The number of fused-ring (bicyclic) bond motifs is 1. The number of carbonyl (C=O) groups is 1. The minimum Gasteiger partial charge on any atom is -0.497 e. The van der Waals surface area contributed by atoms with E-state index in [9.17, 15) is 4.79 Å². The van der Waals surface area contributed by atoms with Crippen molar-refractivity contribution >= 4 is 25.3 Å². The fourth-order valence-electron chi connectivity index (χ4n) is 1.58. The second-order valence-electron chi connectivity index (χ2n) is 3.28. The number of rotatable bonds is 3. The summed E-state index contributed by atoms with van der Waals surface area (Å²) >= 11 is 0. The molecule has 1 aromatic carbocycles. The highest BCUT2D eigenvalue weighted by Gasteiger charge is 2.12. The predicted molar refractivity (Wildman–Crippen MR) is 64.1 cm³/mol. The number of hydrogen-bond acceptors (Lipinski definition) is 3. The van der Waals surface area contributed by atoms with E-state index >= 15 is 0 Å². The molecule has 2 N–H and O–H groups in total. The van der Waals surface area contributed by atoms with Crippen LogP contribution in [0.3, 0.4) is 0 Å². The molecule has 87 valence electrons. The highest BCUT2D eigenvalue weighted by atomic mass is 16.5. The van der Waals surface area contributed by atoms with Crippen LogP contribution in [0.5, 0.6) is 11.5 Å². The largest absolute Gasteiger partial charge is 0.497 e. The number of carboxylic acid groups (broad SMARTS) is 1. The van der Waals surface area contributed by atoms with Crippen LogP contribution in [0.1, 0.15) is 10.5 Å². The van der Waals surface area contributed by atoms with E-state index in [0.717, 1.165) is 5.39 Å². The molecule has 0 aliphatic heterocycles. The fraction of sp³-hybridized carbons (Fsp3) is 0.182. The summed E-state index contributed by atoms with van der Waals surface area (Å²) in [6.07, 6.45) is 0. The Hall–Kier alpha value is -2.11. The summed E-state index contributed by atoms with van der Waals surface area (Å²) in [5, 5.41) is 9.60. The number of H-pyrrole nitrogens is 1. The molecule has 0 amide bonds. The standard InChI is InChI=1S/C11H11NO4.B/c1-15-6-3-8-7(10(4-6)16-2)5-9(12-8)11(13)14;/h3-5,12H,1-2H3,(H,13,14);. The summed E-state index contributed by atoms with van der Waals surface area (Å²) in [4.78, 5) is 13.6. The average Bonchev–Trinajstić information content (AvgIpc) is 2.71. The molecule has 6 heteroatoms. The van der Waals surface area contributed by atoms with Gasteiger partial charge in [-0.1, -0.05) is 0 Å². The number of nitrogens with one attached hydrogen (secondary N) is 1. The predicted octanol–water partition coefficient (Wildman–Crippen LogP) is 1.50. The number of ether oxygens (including phenoxy) is 2. The number of carboxylic acids is 1. The monoisotopic (exact) mass is 232 g/mol. The third-order valence-corrected chi connectivity index (χ3v) is 2.36. The molecule has 0 spiro atoms. The Morgan fingerprint density at radius 2 is 1.94 bits per heavy atom. The molecule has 17 heavy (non-hydrogen) atoms. The molecule has 0 fully saturated rings. The van der Waals surface area contributed by atoms with E-state index in [1.54, 1.807) is 19.2 Å². The van der Waals surface area contributed by atoms with Crippen LogP contribution in [-0.2, 0) is 0 Å². The first-order valence-corrected chi connectivity index (χ1v) is 4.63. The van der Waals surface area contributed by atoms with Crippen LogP contribution in [0.2, 0.25) is 0 Å². The van der Waals surface area contributed by atoms with E-state index in [4.69, 9.17) is 14.6 Å². The van der Waals surface area contributed by atoms with Gasteiger partial charge in [-0.05, 0) is 6.07 Å². The van der Waals surface area contributed by atoms with Crippen LogP contribution < -0.4 is 9.47 Å². The van der Waals surface area contributed by atoms with Gasteiger partial charge in [0.2, 0.25) is 0 Å². The van der Waals surface area contributed by atoms with Gasteiger partial charge in [0.25, 0.3) is 0 Å². The maximum Gasteiger partial charge on any atom is 0.352 e. The molecular weight excluding hydrogens is 221 g/mol. The second-order valence-corrected chi connectivity index (χ2v) is 3.28. The molecule has 0 aliphatic carbocycles. The maximum atomic E-state index is 10.8. The van der Waals surface area contributed by atoms with Gasteiger partial charge in [0.1, 0.15) is 17.2 Å². The molecule has 0 saturated carbocycles. The Morgan fingerprint density at radius 3 is 2.47 bits per heavy atom. The van der Waals surface area contributed by atoms with E-state index in [1.165, 1.54) is 13.2 Å². The van der Waals surface area contributed by atoms with Gasteiger partial charge >= 0.3 is 5.97 Å². The van der Waals surface area contributed by atoms with Crippen LogP contribution in [0.15, 0.2) is 18.2 Å². The van der Waals surface area contributed by atoms with Gasteiger partial charge in [-0.2, -0.15) is 0 Å². The number of aromatic carboxylic acids is 1. The van der Waals surface area contributed by atoms with Crippen molar-refractivity contribution in [1.29, 1.82) is 0 Å². The second kappa shape index (κ2) is 4.82. The van der Waals surface area contributed by atoms with Crippen LogP contribution >= 0.6 is 0 Å². The lowest BCUT2D eigenvalue weighted by Crippen LogP contribution is -1.94. The first-order chi connectivity index (χ1) is 7.65. The normalized spacial score (nSPS) is 9.76. The van der Waals surface area contributed by atoms with Crippen molar-refractivity contribution in [1.82, 2.24) is 4.98 Å². The lowest BCUT2D eigenvalue weighted by Gasteiger charge is -2.04. The average molecular weight is 232 g/mol. The van der Waals surface area contributed by atoms with Gasteiger partial charge in [-0.15, -0.1) is 0 Å². The Balaban J connectivity index is 0.00000144. The van der Waals surface area contributed by atoms with E-state index in [0.29, 0.717) is 17.0 Å². The van der Waals surface area contributed by atoms with Gasteiger partial charge in [-0.3, -0.25) is 0 Å². The van der Waals surface area contributed by atoms with Crippen LogP contribution in [0.4, 0.5) is 0 Å². The highest BCUT2D eigenvalue weighted by molar-refractivity contribution is 5.96. The SMILES string of the molecule is COc1cc(OC)c2cc(C(=O)O)[nH]c2c1.[B].